The van der Waals surface area contributed by atoms with Gasteiger partial charge in [-0.15, -0.1) is 0 Å². The van der Waals surface area contributed by atoms with Crippen LogP contribution in [0.3, 0.4) is 0 Å². The highest BCUT2D eigenvalue weighted by molar-refractivity contribution is 5.58. The molecule has 2 heterocycles. The molecule has 0 radical (unpaired) electrons. The van der Waals surface area contributed by atoms with E-state index in [-0.39, 0.29) is 17.5 Å². The van der Waals surface area contributed by atoms with Gasteiger partial charge < -0.3 is 14.8 Å². The average molecular weight is 386 g/mol. The third-order valence-corrected chi connectivity index (χ3v) is 4.77. The van der Waals surface area contributed by atoms with Crippen molar-refractivity contribution in [1.29, 1.82) is 0 Å². The Bertz CT molecular complexity index is 947. The SMILES string of the molecule is [O-][NH+](O)c1cccc(-c2noc([C@@H]3C[C@@H](O)CN3Cc3ccc(F)cc3)n2)c1. The van der Waals surface area contributed by atoms with E-state index in [9.17, 15) is 14.7 Å². The first-order valence-electron chi connectivity index (χ1n) is 8.83. The van der Waals surface area contributed by atoms with E-state index >= 15 is 0 Å². The molecule has 1 fully saturated rings. The average Bonchev–Trinajstić information content (AvgIpc) is 3.30. The van der Waals surface area contributed by atoms with Crippen LogP contribution in [0.5, 0.6) is 0 Å². The lowest BCUT2D eigenvalue weighted by atomic mass is 10.1. The minimum Gasteiger partial charge on any atom is -0.595 e. The zero-order valence-corrected chi connectivity index (χ0v) is 14.8. The Labute approximate surface area is 160 Å². The van der Waals surface area contributed by atoms with Crippen molar-refractivity contribution in [2.24, 2.45) is 0 Å². The van der Waals surface area contributed by atoms with Crippen LogP contribution in [0.15, 0.2) is 53.1 Å². The first kappa shape index (κ1) is 18.7. The summed E-state index contributed by atoms with van der Waals surface area (Å²) >= 11 is 0. The maximum absolute atomic E-state index is 13.1. The molecule has 9 heteroatoms. The molecule has 4 rings (SSSR count). The number of halogens is 1. The van der Waals surface area contributed by atoms with Crippen LogP contribution in [0.25, 0.3) is 11.4 Å². The van der Waals surface area contributed by atoms with Gasteiger partial charge in [0.15, 0.2) is 5.69 Å². The van der Waals surface area contributed by atoms with E-state index in [0.29, 0.717) is 36.8 Å². The first-order chi connectivity index (χ1) is 13.5. The van der Waals surface area contributed by atoms with E-state index in [1.165, 1.54) is 24.3 Å². The highest BCUT2D eigenvalue weighted by atomic mass is 19.1. The van der Waals surface area contributed by atoms with Crippen LogP contribution in [-0.2, 0) is 6.54 Å². The molecule has 0 saturated carbocycles. The Kier molecular flexibility index (Phi) is 5.16. The van der Waals surface area contributed by atoms with E-state index in [1.807, 2.05) is 4.90 Å². The van der Waals surface area contributed by atoms with E-state index in [4.69, 9.17) is 9.73 Å². The Morgan fingerprint density at radius 3 is 2.79 bits per heavy atom. The fourth-order valence-electron chi connectivity index (χ4n) is 3.41. The van der Waals surface area contributed by atoms with Gasteiger partial charge in [0.1, 0.15) is 5.82 Å². The molecule has 3 aromatic rings. The number of rotatable bonds is 5. The Hall–Kier alpha value is -2.69. The van der Waals surface area contributed by atoms with Gasteiger partial charge in [-0.25, -0.2) is 9.60 Å². The molecule has 0 aliphatic carbocycles. The molecule has 28 heavy (non-hydrogen) atoms. The number of aliphatic hydroxyl groups is 1. The van der Waals surface area contributed by atoms with Crippen LogP contribution in [-0.4, -0.2) is 38.0 Å². The number of β-amino-alcohol motifs (C(OH)–C–C–N with tert-alkyl or cyclic N) is 1. The van der Waals surface area contributed by atoms with E-state index in [2.05, 4.69) is 10.1 Å². The zero-order valence-electron chi connectivity index (χ0n) is 14.8. The maximum Gasteiger partial charge on any atom is 0.244 e. The molecule has 1 aliphatic heterocycles. The fourth-order valence-corrected chi connectivity index (χ4v) is 3.41. The highest BCUT2D eigenvalue weighted by Crippen LogP contribution is 2.33. The second-order valence-electron chi connectivity index (χ2n) is 6.80. The van der Waals surface area contributed by atoms with Gasteiger partial charge in [0.2, 0.25) is 11.7 Å². The second-order valence-corrected chi connectivity index (χ2v) is 6.80. The zero-order chi connectivity index (χ0) is 19.7. The molecule has 8 nitrogen and oxygen atoms in total. The van der Waals surface area contributed by atoms with Gasteiger partial charge in [0.25, 0.3) is 0 Å². The Morgan fingerprint density at radius 1 is 1.25 bits per heavy atom. The van der Waals surface area contributed by atoms with Crippen molar-refractivity contribution in [3.8, 4) is 11.4 Å². The molecule has 0 bridgehead atoms. The van der Waals surface area contributed by atoms with E-state index in [0.717, 1.165) is 5.56 Å². The molecular weight excluding hydrogens is 367 g/mol. The predicted molar refractivity (Wildman–Crippen MR) is 95.7 cm³/mol. The molecule has 1 unspecified atom stereocenters. The van der Waals surface area contributed by atoms with Crippen LogP contribution in [0, 0.1) is 11.0 Å². The van der Waals surface area contributed by atoms with E-state index in [1.54, 1.807) is 24.3 Å². The lowest BCUT2D eigenvalue weighted by molar-refractivity contribution is -0.991. The van der Waals surface area contributed by atoms with Gasteiger partial charge in [0.05, 0.1) is 12.1 Å². The summed E-state index contributed by atoms with van der Waals surface area (Å²) in [6.45, 7) is 0.947. The molecule has 0 spiro atoms. The smallest absolute Gasteiger partial charge is 0.244 e. The summed E-state index contributed by atoms with van der Waals surface area (Å²) in [6.07, 6.45) is -0.0889. The van der Waals surface area contributed by atoms with Crippen LogP contribution in [0.4, 0.5) is 10.1 Å². The van der Waals surface area contributed by atoms with Gasteiger partial charge in [-0.2, -0.15) is 10.2 Å². The van der Waals surface area contributed by atoms with Crippen molar-refractivity contribution in [2.75, 3.05) is 6.54 Å². The fraction of sp³-hybridized carbons (Fsp3) is 0.263. The molecule has 1 saturated heterocycles. The monoisotopic (exact) mass is 386 g/mol. The molecular formula is C19H19FN4O4. The third-order valence-electron chi connectivity index (χ3n) is 4.77. The molecule has 1 aromatic heterocycles. The largest absolute Gasteiger partial charge is 0.595 e. The summed E-state index contributed by atoms with van der Waals surface area (Å²) in [7, 11) is 0. The van der Waals surface area contributed by atoms with Crippen molar-refractivity contribution in [1.82, 2.24) is 15.0 Å². The van der Waals surface area contributed by atoms with Crippen molar-refractivity contribution in [3.05, 3.63) is 71.0 Å². The van der Waals surface area contributed by atoms with Crippen LogP contribution in [0.2, 0.25) is 0 Å². The normalized spacial score (nSPS) is 21.1. The quantitative estimate of drug-likeness (QED) is 0.571. The maximum atomic E-state index is 13.1. The number of benzene rings is 2. The number of aromatic nitrogens is 2. The standard InChI is InChI=1S/C19H19FN4O4/c20-14-6-4-12(5-7-14)10-23-11-16(25)9-17(23)19-21-18(22-28-19)13-2-1-3-15(8-13)24(26)27/h1-8,16-17,24-26H,9-11H2/t16-,17+/m1/s1. The summed E-state index contributed by atoms with van der Waals surface area (Å²) < 4.78 is 18.5. The van der Waals surface area contributed by atoms with E-state index < -0.39 is 11.3 Å². The van der Waals surface area contributed by atoms with Gasteiger partial charge in [-0.1, -0.05) is 29.4 Å². The van der Waals surface area contributed by atoms with Gasteiger partial charge in [-0.3, -0.25) is 4.90 Å². The van der Waals surface area contributed by atoms with Crippen LogP contribution >= 0.6 is 0 Å². The summed E-state index contributed by atoms with van der Waals surface area (Å²) in [4.78, 5) is 6.42. The molecule has 146 valence electrons. The van der Waals surface area contributed by atoms with Crippen LogP contribution < -0.4 is 5.23 Å². The van der Waals surface area contributed by atoms with Gasteiger partial charge >= 0.3 is 0 Å². The lowest BCUT2D eigenvalue weighted by Crippen LogP contribution is -2.99. The number of hydrogen-bond donors (Lipinski definition) is 3. The lowest BCUT2D eigenvalue weighted by Gasteiger charge is -2.21. The number of likely N-dealkylation sites (tertiary alicyclic amines) is 1. The number of hydrogen-bond acceptors (Lipinski definition) is 7. The van der Waals surface area contributed by atoms with Gasteiger partial charge in [0, 0.05) is 30.8 Å². The summed E-state index contributed by atoms with van der Waals surface area (Å²) in [5.74, 6) is 0.350. The summed E-state index contributed by atoms with van der Waals surface area (Å²) in [5.41, 5.74) is 1.59. The van der Waals surface area contributed by atoms with Crippen molar-refractivity contribution < 1.29 is 24.5 Å². The van der Waals surface area contributed by atoms with Gasteiger partial charge in [-0.05, 0) is 24.1 Å². The molecule has 3 atom stereocenters. The summed E-state index contributed by atoms with van der Waals surface area (Å²) in [5, 5.41) is 33.3. The molecule has 0 amide bonds. The number of aliphatic hydroxyl groups excluding tert-OH is 1. The van der Waals surface area contributed by atoms with Crippen molar-refractivity contribution in [3.63, 3.8) is 0 Å². The third kappa shape index (κ3) is 3.93. The van der Waals surface area contributed by atoms with Crippen molar-refractivity contribution in [2.45, 2.75) is 25.1 Å². The predicted octanol–water partition coefficient (Wildman–Crippen LogP) is 1.59. The minimum atomic E-state index is -1.03. The van der Waals surface area contributed by atoms with Crippen molar-refractivity contribution >= 4 is 5.69 Å². The Balaban J connectivity index is 1.56. The minimum absolute atomic E-state index is 0.137. The Morgan fingerprint density at radius 2 is 2.04 bits per heavy atom. The summed E-state index contributed by atoms with van der Waals surface area (Å²) in [6, 6.07) is 12.2. The highest BCUT2D eigenvalue weighted by Gasteiger charge is 2.36. The number of quaternary nitrogens is 1. The number of nitrogens with zero attached hydrogens (tertiary/aromatic N) is 3. The molecule has 2 aromatic carbocycles. The number of nitrogens with one attached hydrogen (secondary N) is 1. The molecule has 1 aliphatic rings. The molecule has 3 N–H and O–H groups in total. The van der Waals surface area contributed by atoms with Crippen LogP contribution in [0.1, 0.15) is 23.9 Å². The first-order valence-corrected chi connectivity index (χ1v) is 8.83. The topological polar surface area (TPSA) is 110 Å². The second kappa shape index (κ2) is 7.74.